The first kappa shape index (κ1) is 25.7. The highest BCUT2D eigenvalue weighted by Gasteiger charge is 2.33. The van der Waals surface area contributed by atoms with Crippen molar-refractivity contribution in [3.8, 4) is 22.4 Å². The molecule has 1 aliphatic rings. The average molecular weight is 532 g/mol. The Balaban J connectivity index is 1.47. The van der Waals surface area contributed by atoms with Gasteiger partial charge >= 0.3 is 12.0 Å². The van der Waals surface area contributed by atoms with E-state index in [0.717, 1.165) is 52.0 Å². The van der Waals surface area contributed by atoms with Crippen molar-refractivity contribution in [2.45, 2.75) is 45.3 Å². The Bertz CT molecular complexity index is 1450. The summed E-state index contributed by atoms with van der Waals surface area (Å²) in [7, 11) is 0. The molecule has 1 saturated heterocycles. The number of carbonyl (C=O) groups excluding carboxylic acids is 2. The molecule has 0 spiro atoms. The number of hydrogen-bond acceptors (Lipinski definition) is 9. The number of ether oxygens (including phenoxy) is 1. The quantitative estimate of drug-likeness (QED) is 0.297. The zero-order valence-electron chi connectivity index (χ0n) is 21.4. The molecule has 1 atom stereocenters. The number of anilines is 1. The van der Waals surface area contributed by atoms with Gasteiger partial charge in [-0.25, -0.2) is 19.7 Å². The minimum Gasteiger partial charge on any atom is -0.450 e. The third kappa shape index (κ3) is 5.48. The molecule has 10 nitrogen and oxygen atoms in total. The Kier molecular flexibility index (Phi) is 7.30. The monoisotopic (exact) mass is 531 g/mol. The normalized spacial score (nSPS) is 15.4. The highest BCUT2D eigenvalue weighted by Crippen LogP contribution is 2.38. The maximum Gasteiger partial charge on any atom is 0.324 e. The Morgan fingerprint density at radius 2 is 1.97 bits per heavy atom. The summed E-state index contributed by atoms with van der Waals surface area (Å²) in [6.45, 7) is 6.77. The average Bonchev–Trinajstić information content (AvgIpc) is 3.59. The van der Waals surface area contributed by atoms with E-state index in [1.54, 1.807) is 32.4 Å². The summed E-state index contributed by atoms with van der Waals surface area (Å²) in [5, 5.41) is 9.17. The minimum absolute atomic E-state index is 0.282. The van der Waals surface area contributed by atoms with Crippen molar-refractivity contribution in [1.29, 1.82) is 0 Å². The zero-order chi connectivity index (χ0) is 26.7. The van der Waals surface area contributed by atoms with Gasteiger partial charge in [0.1, 0.15) is 6.04 Å². The fraction of sp³-hybridized carbons (Fsp3) is 0.333. The van der Waals surface area contributed by atoms with E-state index in [-0.39, 0.29) is 18.0 Å². The summed E-state index contributed by atoms with van der Waals surface area (Å²) < 4.78 is 6.66. The van der Waals surface area contributed by atoms with Gasteiger partial charge in [-0.1, -0.05) is 17.4 Å². The van der Waals surface area contributed by atoms with Gasteiger partial charge in [-0.3, -0.25) is 15.1 Å². The molecule has 1 fully saturated rings. The van der Waals surface area contributed by atoms with Crippen molar-refractivity contribution in [2.24, 2.45) is 0 Å². The Morgan fingerprint density at radius 1 is 1.16 bits per heavy atom. The molecule has 2 amide bonds. The fourth-order valence-corrected chi connectivity index (χ4v) is 5.27. The fourth-order valence-electron chi connectivity index (χ4n) is 4.31. The van der Waals surface area contributed by atoms with Crippen LogP contribution in [0.2, 0.25) is 0 Å². The van der Waals surface area contributed by atoms with Gasteiger partial charge in [0.2, 0.25) is 0 Å². The number of esters is 1. The van der Waals surface area contributed by atoms with Gasteiger partial charge in [-0.05, 0) is 70.0 Å². The Morgan fingerprint density at radius 3 is 2.66 bits per heavy atom. The van der Waals surface area contributed by atoms with Gasteiger partial charge < -0.3 is 15.4 Å². The lowest BCUT2D eigenvalue weighted by atomic mass is 10.0. The van der Waals surface area contributed by atoms with E-state index in [1.807, 2.05) is 37.3 Å². The van der Waals surface area contributed by atoms with Gasteiger partial charge in [-0.15, -0.1) is 0 Å². The molecule has 4 aromatic rings. The molecular weight excluding hydrogens is 502 g/mol. The van der Waals surface area contributed by atoms with Crippen LogP contribution in [0, 0.1) is 0 Å². The smallest absolute Gasteiger partial charge is 0.324 e. The van der Waals surface area contributed by atoms with Crippen LogP contribution in [0.4, 0.5) is 9.93 Å². The van der Waals surface area contributed by atoms with Crippen molar-refractivity contribution < 1.29 is 14.3 Å². The molecule has 1 aliphatic heterocycles. The lowest BCUT2D eigenvalue weighted by molar-refractivity contribution is -0.160. The summed E-state index contributed by atoms with van der Waals surface area (Å²) in [6, 6.07) is 9.11. The number of amides is 2. The number of benzene rings is 1. The number of carbonyl (C=O) groups is 2. The number of rotatable bonds is 7. The van der Waals surface area contributed by atoms with Crippen LogP contribution in [0.3, 0.4) is 0 Å². The van der Waals surface area contributed by atoms with Crippen LogP contribution in [-0.2, 0) is 15.1 Å². The predicted octanol–water partition coefficient (Wildman–Crippen LogP) is 4.49. The van der Waals surface area contributed by atoms with Crippen LogP contribution in [0.5, 0.6) is 0 Å². The molecule has 1 aromatic carbocycles. The standard InChI is InChI=1S/C27H29N7O3S/c1-4-28-25(36)34-26-33-21-13-16(12-18(22(21)38-26)19-8-5-6-10-29-19)17-14-31-24(32-15-17)27(2,3)37-23(35)20-9-7-11-30-20/h5-6,8,10,12-15,20,30H,4,7,9,11H2,1-3H3,(H2,28,33,34,36). The summed E-state index contributed by atoms with van der Waals surface area (Å²) in [6.07, 6.45) is 6.90. The molecule has 0 saturated carbocycles. The van der Waals surface area contributed by atoms with E-state index in [0.29, 0.717) is 17.5 Å². The van der Waals surface area contributed by atoms with E-state index >= 15 is 0 Å². The predicted molar refractivity (Wildman–Crippen MR) is 147 cm³/mol. The second-order valence-electron chi connectivity index (χ2n) is 9.47. The van der Waals surface area contributed by atoms with E-state index in [2.05, 4.69) is 35.9 Å². The van der Waals surface area contributed by atoms with Crippen molar-refractivity contribution in [3.63, 3.8) is 0 Å². The summed E-state index contributed by atoms with van der Waals surface area (Å²) in [5.41, 5.74) is 3.06. The molecule has 11 heteroatoms. The largest absolute Gasteiger partial charge is 0.450 e. The van der Waals surface area contributed by atoms with Crippen LogP contribution in [0.15, 0.2) is 48.9 Å². The topological polar surface area (TPSA) is 131 Å². The maximum absolute atomic E-state index is 12.5. The van der Waals surface area contributed by atoms with E-state index in [4.69, 9.17) is 4.74 Å². The van der Waals surface area contributed by atoms with Gasteiger partial charge in [0.15, 0.2) is 16.6 Å². The second kappa shape index (κ2) is 10.8. The van der Waals surface area contributed by atoms with E-state index in [9.17, 15) is 9.59 Å². The number of urea groups is 1. The Labute approximate surface area is 224 Å². The molecule has 1 unspecified atom stereocenters. The second-order valence-corrected chi connectivity index (χ2v) is 10.5. The van der Waals surface area contributed by atoms with Gasteiger partial charge in [0.05, 0.1) is 15.9 Å². The molecule has 3 N–H and O–H groups in total. The van der Waals surface area contributed by atoms with Crippen LogP contribution < -0.4 is 16.0 Å². The lowest BCUT2D eigenvalue weighted by Crippen LogP contribution is -2.38. The highest BCUT2D eigenvalue weighted by molar-refractivity contribution is 7.22. The molecule has 0 bridgehead atoms. The number of nitrogens with one attached hydrogen (secondary N) is 3. The van der Waals surface area contributed by atoms with Gasteiger partial charge in [-0.2, -0.15) is 0 Å². The lowest BCUT2D eigenvalue weighted by Gasteiger charge is -2.25. The zero-order valence-corrected chi connectivity index (χ0v) is 22.3. The number of thiazole rings is 1. The number of pyridine rings is 1. The van der Waals surface area contributed by atoms with Crippen LogP contribution in [0.1, 0.15) is 39.4 Å². The first-order valence-corrected chi connectivity index (χ1v) is 13.4. The van der Waals surface area contributed by atoms with Crippen LogP contribution >= 0.6 is 11.3 Å². The van der Waals surface area contributed by atoms with Crippen molar-refractivity contribution in [3.05, 3.63) is 54.7 Å². The first-order valence-electron chi connectivity index (χ1n) is 12.5. The number of aromatic nitrogens is 4. The summed E-state index contributed by atoms with van der Waals surface area (Å²) in [5.74, 6) is 0.131. The van der Waals surface area contributed by atoms with Crippen LogP contribution in [0.25, 0.3) is 32.6 Å². The van der Waals surface area contributed by atoms with E-state index in [1.165, 1.54) is 11.3 Å². The van der Waals surface area contributed by atoms with Gasteiger partial charge in [0.25, 0.3) is 0 Å². The van der Waals surface area contributed by atoms with Crippen molar-refractivity contribution >= 4 is 38.7 Å². The number of fused-ring (bicyclic) bond motifs is 1. The molecule has 5 rings (SSSR count). The van der Waals surface area contributed by atoms with Crippen LogP contribution in [-0.4, -0.2) is 51.1 Å². The summed E-state index contributed by atoms with van der Waals surface area (Å²) >= 11 is 1.39. The minimum atomic E-state index is -0.975. The SMILES string of the molecule is CCNC(=O)Nc1nc2cc(-c3cnc(C(C)(C)OC(=O)C4CCCN4)nc3)cc(-c3ccccn3)c2s1. The molecular formula is C27H29N7O3S. The first-order chi connectivity index (χ1) is 18.3. The molecule has 3 aromatic heterocycles. The Hall–Kier alpha value is -3.96. The van der Waals surface area contributed by atoms with Gasteiger partial charge in [0, 0.05) is 36.3 Å². The maximum atomic E-state index is 12.5. The third-order valence-electron chi connectivity index (χ3n) is 6.21. The third-order valence-corrected chi connectivity index (χ3v) is 7.23. The van der Waals surface area contributed by atoms with Crippen molar-refractivity contribution in [1.82, 2.24) is 30.6 Å². The molecule has 196 valence electrons. The molecule has 0 aliphatic carbocycles. The summed E-state index contributed by atoms with van der Waals surface area (Å²) in [4.78, 5) is 42.9. The molecule has 4 heterocycles. The number of hydrogen-bond donors (Lipinski definition) is 3. The molecule has 38 heavy (non-hydrogen) atoms. The highest BCUT2D eigenvalue weighted by atomic mass is 32.1. The van der Waals surface area contributed by atoms with Crippen molar-refractivity contribution in [2.75, 3.05) is 18.4 Å². The molecule has 0 radical (unpaired) electrons. The number of nitrogens with zero attached hydrogens (tertiary/aromatic N) is 4. The van der Waals surface area contributed by atoms with E-state index < -0.39 is 5.60 Å².